The van der Waals surface area contributed by atoms with Crippen molar-refractivity contribution in [3.8, 4) is 5.75 Å². The maximum atomic E-state index is 12.9. The fourth-order valence-electron chi connectivity index (χ4n) is 9.81. The van der Waals surface area contributed by atoms with E-state index < -0.39 is 29.9 Å². The second-order valence-electron chi connectivity index (χ2n) is 22.8. The number of nitrogens with two attached hydrogens (primary N) is 1. The third-order valence-corrected chi connectivity index (χ3v) is 15.8. The number of carbonyl (C=O) groups excluding carboxylic acids is 8. The smallest absolute Gasteiger partial charge is 0.326 e. The predicted molar refractivity (Wildman–Crippen MR) is 344 cm³/mol. The molecule has 1 fully saturated rings. The number of rotatable bonds is 54. The van der Waals surface area contributed by atoms with E-state index in [2.05, 4.69) is 37.0 Å². The summed E-state index contributed by atoms with van der Waals surface area (Å²) in [6.07, 6.45) is 27.5. The van der Waals surface area contributed by atoms with Crippen molar-refractivity contribution < 1.29 is 72.3 Å². The minimum atomic E-state index is -1.21. The van der Waals surface area contributed by atoms with Gasteiger partial charge in [-0.2, -0.15) is 0 Å². The highest BCUT2D eigenvalue weighted by molar-refractivity contribution is 14.1. The molecule has 1 aromatic rings. The third-order valence-electron chi connectivity index (χ3n) is 15.1. The first-order valence-electron chi connectivity index (χ1n) is 32.4. The van der Waals surface area contributed by atoms with Crippen LogP contribution < -0.4 is 35.8 Å². The molecule has 0 aliphatic heterocycles. The molecule has 1 aliphatic carbocycles. The number of aromatic hydroxyl groups is 1. The maximum absolute atomic E-state index is 12.9. The zero-order valence-corrected chi connectivity index (χ0v) is 55.0. The Labute approximate surface area is 532 Å². The Morgan fingerprint density at radius 1 is 0.563 bits per heavy atom. The summed E-state index contributed by atoms with van der Waals surface area (Å²) in [5.41, 5.74) is 6.35. The van der Waals surface area contributed by atoms with Gasteiger partial charge in [0.2, 0.25) is 35.4 Å². The molecule has 0 saturated heterocycles. The van der Waals surface area contributed by atoms with Crippen LogP contribution in [0.3, 0.4) is 0 Å². The summed E-state index contributed by atoms with van der Waals surface area (Å²) in [7, 11) is 0. The standard InChI is InChI=1S/C45H72IN7O14.C19H38O/c1-2-5-39(56)51-28-32-7-11-33(12-8-32)44(61)52-37(45(62)63)15-16-40(57)49-18-20-64-22-25-67-30-42(59)50-19-21-65-23-24-66-29-41(58)48-17-4-3-6-36(53-46)38(55)27-34(43(47)60)26-31-9-13-35(54)14-10-31;1-3-4-5-6-7-8-9-10-11-12-13-14-15-16-17-18-19(2)20/h9-10,13-14,32-34,36-37,53-54H,2-8,11-12,15-30H2,1H3,(H2,47,60)(H,48,58)(H,49,57)(H,50,59)(H,51,56)(H,52,61)(H,62,63);3-18H2,1-2H3/t32?,33?,34-,36+,37?;/m1./s1. The summed E-state index contributed by atoms with van der Waals surface area (Å²) in [6.45, 7) is 8.11. The molecular weight excluding hydrogens is 1230 g/mol. The lowest BCUT2D eigenvalue weighted by Crippen LogP contribution is -2.45. The number of unbranched alkanes of at least 4 members (excludes halogenated alkanes) is 15. The van der Waals surface area contributed by atoms with E-state index in [0.29, 0.717) is 69.7 Å². The molecule has 0 spiro atoms. The number of halogens is 1. The molecular formula is C64H110IN7O15. The van der Waals surface area contributed by atoms with Crippen LogP contribution in [0.1, 0.15) is 206 Å². The highest BCUT2D eigenvalue weighted by Gasteiger charge is 2.30. The van der Waals surface area contributed by atoms with Crippen LogP contribution in [0.25, 0.3) is 0 Å². The second kappa shape index (κ2) is 54.1. The molecule has 6 amide bonds. The number of carboxylic acids is 1. The summed E-state index contributed by atoms with van der Waals surface area (Å²) >= 11 is 1.92. The molecule has 0 radical (unpaired) electrons. The fraction of sp³-hybridized carbons (Fsp3) is 0.766. The number of nitrogens with one attached hydrogen (secondary N) is 6. The molecule has 1 saturated carbocycles. The number of phenols is 1. The Morgan fingerprint density at radius 2 is 1.07 bits per heavy atom. The number of Topliss-reactive ketones (excluding diaryl/α,β-unsaturated/α-hetero) is 2. The molecule has 2 rings (SSSR count). The number of aliphatic carboxylic acids is 1. The molecule has 0 aromatic heterocycles. The number of ether oxygens (including phenoxy) is 4. The van der Waals surface area contributed by atoms with Crippen LogP contribution in [0.15, 0.2) is 24.3 Å². The molecule has 3 atom stereocenters. The first-order chi connectivity index (χ1) is 42.0. The van der Waals surface area contributed by atoms with Crippen molar-refractivity contribution in [1.29, 1.82) is 0 Å². The first kappa shape index (κ1) is 80.2. The molecule has 1 aromatic carbocycles. The van der Waals surface area contributed by atoms with Crippen LogP contribution in [0.4, 0.5) is 0 Å². The average molecular weight is 1340 g/mol. The zero-order valence-electron chi connectivity index (χ0n) is 52.8. The van der Waals surface area contributed by atoms with E-state index in [1.807, 2.05) is 29.8 Å². The molecule has 10 N–H and O–H groups in total. The Kier molecular flexibility index (Phi) is 49.9. The molecule has 0 heterocycles. The van der Waals surface area contributed by atoms with Crippen molar-refractivity contribution in [2.75, 3.05) is 79.0 Å². The van der Waals surface area contributed by atoms with Gasteiger partial charge in [0.05, 0.1) is 45.7 Å². The van der Waals surface area contributed by atoms with Crippen molar-refractivity contribution in [3.63, 3.8) is 0 Å². The Morgan fingerprint density at radius 3 is 1.57 bits per heavy atom. The molecule has 498 valence electrons. The highest BCUT2D eigenvalue weighted by Crippen LogP contribution is 2.29. The summed E-state index contributed by atoms with van der Waals surface area (Å²) in [5, 5.41) is 32.7. The van der Waals surface area contributed by atoms with Crippen molar-refractivity contribution in [2.45, 2.75) is 219 Å². The summed E-state index contributed by atoms with van der Waals surface area (Å²) in [4.78, 5) is 108. The maximum Gasteiger partial charge on any atom is 0.326 e. The second-order valence-corrected chi connectivity index (χ2v) is 23.4. The third kappa shape index (κ3) is 46.0. The van der Waals surface area contributed by atoms with Gasteiger partial charge in [0.25, 0.3) is 0 Å². The van der Waals surface area contributed by atoms with Gasteiger partial charge >= 0.3 is 5.97 Å². The van der Waals surface area contributed by atoms with E-state index in [4.69, 9.17) is 24.7 Å². The number of benzene rings is 1. The number of carboxylic acid groups (broad SMARTS) is 1. The van der Waals surface area contributed by atoms with Gasteiger partial charge in [-0.05, 0) is 101 Å². The van der Waals surface area contributed by atoms with E-state index in [9.17, 15) is 53.4 Å². The Hall–Kier alpha value is -4.82. The van der Waals surface area contributed by atoms with Gasteiger partial charge < -0.3 is 66.3 Å². The Bertz CT molecular complexity index is 2050. The van der Waals surface area contributed by atoms with Crippen LogP contribution in [0, 0.1) is 17.8 Å². The lowest BCUT2D eigenvalue weighted by atomic mass is 9.81. The van der Waals surface area contributed by atoms with E-state index in [1.54, 1.807) is 19.1 Å². The molecule has 87 heavy (non-hydrogen) atoms. The fourth-order valence-corrected chi connectivity index (χ4v) is 10.5. The summed E-state index contributed by atoms with van der Waals surface area (Å²) in [5.74, 6) is -3.44. The van der Waals surface area contributed by atoms with Crippen LogP contribution in [-0.4, -0.2) is 154 Å². The van der Waals surface area contributed by atoms with Crippen LogP contribution in [0.2, 0.25) is 0 Å². The highest BCUT2D eigenvalue weighted by atomic mass is 127. The normalized spacial score (nSPS) is 14.8. The van der Waals surface area contributed by atoms with Gasteiger partial charge in [-0.1, -0.05) is 116 Å². The number of phenolic OH excluding ortho intramolecular Hbond substituents is 1. The van der Waals surface area contributed by atoms with E-state index in [0.717, 1.165) is 37.7 Å². The topological polar surface area (TPSA) is 329 Å². The predicted octanol–water partition coefficient (Wildman–Crippen LogP) is 7.80. The zero-order chi connectivity index (χ0) is 64.1. The van der Waals surface area contributed by atoms with E-state index >= 15 is 0 Å². The summed E-state index contributed by atoms with van der Waals surface area (Å²) < 4.78 is 24.4. The van der Waals surface area contributed by atoms with Crippen molar-refractivity contribution >= 4 is 75.8 Å². The molecule has 23 heteroatoms. The molecule has 1 aliphatic rings. The minimum Gasteiger partial charge on any atom is -0.508 e. The average Bonchev–Trinajstić information content (AvgIpc) is 3.71. The van der Waals surface area contributed by atoms with Gasteiger partial charge in [-0.25, -0.2) is 4.79 Å². The quantitative estimate of drug-likeness (QED) is 0.0171. The van der Waals surface area contributed by atoms with Crippen molar-refractivity contribution in [2.24, 2.45) is 23.5 Å². The van der Waals surface area contributed by atoms with Gasteiger partial charge in [-0.15, -0.1) is 0 Å². The molecule has 22 nitrogen and oxygen atoms in total. The number of primary amides is 1. The number of carbonyl (C=O) groups is 9. The minimum absolute atomic E-state index is 0.00670. The van der Waals surface area contributed by atoms with Crippen molar-refractivity contribution in [1.82, 2.24) is 30.1 Å². The lowest BCUT2D eigenvalue weighted by Gasteiger charge is -2.28. The largest absolute Gasteiger partial charge is 0.508 e. The monoisotopic (exact) mass is 1340 g/mol. The van der Waals surface area contributed by atoms with E-state index in [1.165, 1.54) is 102 Å². The van der Waals surface area contributed by atoms with E-state index in [-0.39, 0.29) is 132 Å². The molecule has 0 bridgehead atoms. The number of amides is 6. The van der Waals surface area contributed by atoms with Crippen LogP contribution >= 0.6 is 22.9 Å². The number of hydrogen-bond acceptors (Lipinski definition) is 15. The summed E-state index contributed by atoms with van der Waals surface area (Å²) in [6, 6.07) is 4.75. The van der Waals surface area contributed by atoms with Crippen molar-refractivity contribution in [3.05, 3.63) is 29.8 Å². The number of hydrogen-bond donors (Lipinski definition) is 9. The Balaban J connectivity index is 0.00000160. The van der Waals surface area contributed by atoms with Crippen LogP contribution in [-0.2, 0) is 68.5 Å². The van der Waals surface area contributed by atoms with Crippen LogP contribution in [0.5, 0.6) is 5.75 Å². The van der Waals surface area contributed by atoms with Gasteiger partial charge in [-0.3, -0.25) is 37.1 Å². The van der Waals surface area contributed by atoms with Gasteiger partial charge in [0.1, 0.15) is 30.8 Å². The SMILES string of the molecule is CCCC(=O)NCC1CCC(C(=O)NC(CCC(=O)NCCOCCOCC(=O)NCCOCCOCC(=O)NCCCC[C@H](NI)C(=O)C[C@@H](Cc2ccc(O)cc2)C(N)=O)C(=O)O)CC1.CCCCCCCCCCCCCCCCCC(C)=O. The van der Waals surface area contributed by atoms with Gasteiger partial charge in [0.15, 0.2) is 5.78 Å². The number of ketones is 2. The molecule has 1 unspecified atom stereocenters. The van der Waals surface area contributed by atoms with Gasteiger partial charge in [0, 0.05) is 86.6 Å². The first-order valence-corrected chi connectivity index (χ1v) is 33.4. The lowest BCUT2D eigenvalue weighted by molar-refractivity contribution is -0.143.